The molecule has 0 amide bonds. The third kappa shape index (κ3) is 3.58. The summed E-state index contributed by atoms with van der Waals surface area (Å²) in [7, 11) is 1.57. The van der Waals surface area contributed by atoms with Crippen LogP contribution in [0, 0.1) is 0 Å². The zero-order valence-corrected chi connectivity index (χ0v) is 14.9. The molecule has 0 bridgehead atoms. The largest absolute Gasteiger partial charge is 0.496 e. The number of thiazole rings is 1. The number of hydrogen-bond acceptors (Lipinski definition) is 5. The second-order valence-corrected chi connectivity index (χ2v) is 6.80. The molecule has 2 heterocycles. The second kappa shape index (κ2) is 7.02. The molecule has 1 N–H and O–H groups in total. The van der Waals surface area contributed by atoms with Crippen molar-refractivity contribution in [2.45, 2.75) is 0 Å². The molecule has 2 aromatic heterocycles. The van der Waals surface area contributed by atoms with Gasteiger partial charge in [0.15, 0.2) is 5.76 Å². The minimum Gasteiger partial charge on any atom is -0.496 e. The van der Waals surface area contributed by atoms with E-state index in [0.717, 1.165) is 10.0 Å². The maximum Gasteiger partial charge on any atom is 0.266 e. The first kappa shape index (κ1) is 16.5. The van der Waals surface area contributed by atoms with Gasteiger partial charge in [0.25, 0.3) is 5.56 Å². The number of carbonyl (C=O) groups is 1. The zero-order chi connectivity index (χ0) is 17.1. The summed E-state index contributed by atoms with van der Waals surface area (Å²) < 4.78 is 12.2. The SMILES string of the molecule is COc1ccc(Br)cc1/C=c1\s/c(=C\C(=O)c2ccco2)[nH]c1=O. The summed E-state index contributed by atoms with van der Waals surface area (Å²) in [5.41, 5.74) is 0.503. The van der Waals surface area contributed by atoms with Crippen LogP contribution in [0.2, 0.25) is 0 Å². The molecule has 0 radical (unpaired) electrons. The topological polar surface area (TPSA) is 72.3 Å². The van der Waals surface area contributed by atoms with Gasteiger partial charge in [0.05, 0.1) is 22.6 Å². The van der Waals surface area contributed by atoms with E-state index in [-0.39, 0.29) is 17.1 Å². The Labute approximate surface area is 149 Å². The Morgan fingerprint density at radius 3 is 2.92 bits per heavy atom. The maximum atomic E-state index is 12.1. The summed E-state index contributed by atoms with van der Waals surface area (Å²) in [5.74, 6) is 0.579. The van der Waals surface area contributed by atoms with E-state index < -0.39 is 0 Å². The van der Waals surface area contributed by atoms with E-state index in [9.17, 15) is 9.59 Å². The standard InChI is InChI=1S/C17H12BrNO4S/c1-22-13-5-4-11(18)7-10(13)8-15-17(21)19-16(24-15)9-12(20)14-3-2-6-23-14/h2-9H,1H3,(H,19,21)/b15-8-,16-9-. The molecule has 5 nitrogen and oxygen atoms in total. The number of furan rings is 1. The Morgan fingerprint density at radius 2 is 2.21 bits per heavy atom. The van der Waals surface area contributed by atoms with Crippen molar-refractivity contribution in [3.63, 3.8) is 0 Å². The number of nitrogens with one attached hydrogen (secondary N) is 1. The Balaban J connectivity index is 2.05. The van der Waals surface area contributed by atoms with Gasteiger partial charge in [-0.15, -0.1) is 11.3 Å². The molecule has 0 saturated carbocycles. The van der Waals surface area contributed by atoms with E-state index in [1.165, 1.54) is 23.7 Å². The van der Waals surface area contributed by atoms with Crippen molar-refractivity contribution in [2.24, 2.45) is 0 Å². The number of rotatable bonds is 4. The summed E-state index contributed by atoms with van der Waals surface area (Å²) >= 11 is 4.59. The molecule has 1 aromatic carbocycles. The average molecular weight is 406 g/mol. The van der Waals surface area contributed by atoms with Crippen LogP contribution in [-0.2, 0) is 0 Å². The summed E-state index contributed by atoms with van der Waals surface area (Å²) in [5, 5.41) is 0. The molecule has 7 heteroatoms. The molecule has 0 unspecified atom stereocenters. The van der Waals surface area contributed by atoms with Crippen molar-refractivity contribution >= 4 is 45.2 Å². The zero-order valence-electron chi connectivity index (χ0n) is 12.5. The highest BCUT2D eigenvalue weighted by Gasteiger charge is 2.06. The highest BCUT2D eigenvalue weighted by atomic mass is 79.9. The molecule has 0 aliphatic carbocycles. The predicted octanol–water partition coefficient (Wildman–Crippen LogP) is 2.29. The molecule has 3 rings (SSSR count). The first-order chi connectivity index (χ1) is 11.6. The van der Waals surface area contributed by atoms with Crippen LogP contribution in [0.4, 0.5) is 0 Å². The number of hydrogen-bond donors (Lipinski definition) is 1. The monoisotopic (exact) mass is 405 g/mol. The van der Waals surface area contributed by atoms with E-state index >= 15 is 0 Å². The fraction of sp³-hybridized carbons (Fsp3) is 0.0588. The van der Waals surface area contributed by atoms with E-state index in [1.807, 2.05) is 18.2 Å². The van der Waals surface area contributed by atoms with Crippen LogP contribution in [0.25, 0.3) is 12.2 Å². The molecular formula is C17H12BrNO4S. The molecular weight excluding hydrogens is 394 g/mol. The highest BCUT2D eigenvalue weighted by molar-refractivity contribution is 9.10. The van der Waals surface area contributed by atoms with Gasteiger partial charge < -0.3 is 14.1 Å². The van der Waals surface area contributed by atoms with Crippen molar-refractivity contribution in [3.8, 4) is 5.75 Å². The minimum atomic E-state index is -0.302. The predicted molar refractivity (Wildman–Crippen MR) is 96.0 cm³/mol. The number of benzene rings is 1. The summed E-state index contributed by atoms with van der Waals surface area (Å²) in [6.07, 6.45) is 4.50. The van der Waals surface area contributed by atoms with E-state index in [0.29, 0.717) is 14.9 Å². The van der Waals surface area contributed by atoms with Crippen molar-refractivity contribution in [3.05, 3.63) is 71.9 Å². The quantitative estimate of drug-likeness (QED) is 0.675. The molecule has 0 fully saturated rings. The lowest BCUT2D eigenvalue weighted by atomic mass is 10.2. The number of Topliss-reactive ketones (excluding diaryl/α,β-unsaturated/α-hetero) is 1. The van der Waals surface area contributed by atoms with Gasteiger partial charge in [-0.2, -0.15) is 0 Å². The molecule has 0 aliphatic rings. The molecule has 0 saturated heterocycles. The average Bonchev–Trinajstić information content (AvgIpc) is 3.18. The van der Waals surface area contributed by atoms with Crippen molar-refractivity contribution in [2.75, 3.05) is 7.11 Å². The normalized spacial score (nSPS) is 12.6. The van der Waals surface area contributed by atoms with Crippen LogP contribution in [0.15, 0.2) is 50.3 Å². The van der Waals surface area contributed by atoms with Gasteiger partial charge in [-0.25, -0.2) is 0 Å². The molecule has 0 aliphatic heterocycles. The van der Waals surface area contributed by atoms with Gasteiger partial charge >= 0.3 is 0 Å². The molecule has 24 heavy (non-hydrogen) atoms. The number of aromatic amines is 1. The number of aromatic nitrogens is 1. The summed E-state index contributed by atoms with van der Waals surface area (Å²) in [6, 6.07) is 8.73. The maximum absolute atomic E-state index is 12.1. The molecule has 0 spiro atoms. The Bertz CT molecular complexity index is 1050. The van der Waals surface area contributed by atoms with E-state index in [4.69, 9.17) is 9.15 Å². The Morgan fingerprint density at radius 1 is 1.38 bits per heavy atom. The number of halogens is 1. The van der Waals surface area contributed by atoms with Crippen LogP contribution in [0.5, 0.6) is 5.75 Å². The third-order valence-corrected chi connectivity index (χ3v) is 4.64. The number of methoxy groups -OCH3 is 1. The van der Waals surface area contributed by atoms with Crippen LogP contribution in [-0.4, -0.2) is 17.9 Å². The fourth-order valence-electron chi connectivity index (χ4n) is 2.09. The fourth-order valence-corrected chi connectivity index (χ4v) is 3.35. The lowest BCUT2D eigenvalue weighted by molar-refractivity contribution is 0.103. The van der Waals surface area contributed by atoms with Gasteiger partial charge in [-0.1, -0.05) is 15.9 Å². The summed E-state index contributed by atoms with van der Waals surface area (Å²) in [4.78, 5) is 26.8. The highest BCUT2D eigenvalue weighted by Crippen LogP contribution is 2.23. The van der Waals surface area contributed by atoms with Gasteiger partial charge in [0.1, 0.15) is 5.75 Å². The first-order valence-corrected chi connectivity index (χ1v) is 8.52. The number of ether oxygens (including phenoxy) is 1. The van der Waals surface area contributed by atoms with E-state index in [1.54, 1.807) is 25.3 Å². The third-order valence-electron chi connectivity index (χ3n) is 3.18. The lowest BCUT2D eigenvalue weighted by Crippen LogP contribution is -2.20. The number of H-pyrrole nitrogens is 1. The Kier molecular flexibility index (Phi) is 4.82. The smallest absolute Gasteiger partial charge is 0.266 e. The van der Waals surface area contributed by atoms with Crippen LogP contribution in [0.1, 0.15) is 16.1 Å². The minimum absolute atomic E-state index is 0.225. The van der Waals surface area contributed by atoms with Gasteiger partial charge in [0.2, 0.25) is 5.78 Å². The van der Waals surface area contributed by atoms with Crippen molar-refractivity contribution in [1.82, 2.24) is 4.98 Å². The molecule has 0 atom stereocenters. The van der Waals surface area contributed by atoms with Crippen LogP contribution >= 0.6 is 27.3 Å². The van der Waals surface area contributed by atoms with Crippen molar-refractivity contribution in [1.29, 1.82) is 0 Å². The second-order valence-electron chi connectivity index (χ2n) is 4.80. The van der Waals surface area contributed by atoms with Gasteiger partial charge in [-0.05, 0) is 36.4 Å². The van der Waals surface area contributed by atoms with E-state index in [2.05, 4.69) is 20.9 Å². The van der Waals surface area contributed by atoms with Gasteiger partial charge in [0, 0.05) is 16.1 Å². The Hall–Kier alpha value is -2.38. The first-order valence-electron chi connectivity index (χ1n) is 6.91. The molecule has 3 aromatic rings. The molecule has 122 valence electrons. The van der Waals surface area contributed by atoms with Crippen LogP contribution in [0.3, 0.4) is 0 Å². The lowest BCUT2D eigenvalue weighted by Gasteiger charge is -2.04. The van der Waals surface area contributed by atoms with Gasteiger partial charge in [-0.3, -0.25) is 9.59 Å². The number of carbonyl (C=O) groups excluding carboxylic acids is 1. The number of ketones is 1. The summed E-state index contributed by atoms with van der Waals surface area (Å²) in [6.45, 7) is 0. The van der Waals surface area contributed by atoms with Crippen LogP contribution < -0.4 is 19.5 Å². The van der Waals surface area contributed by atoms with Crippen molar-refractivity contribution < 1.29 is 13.9 Å².